The molecule has 0 aliphatic heterocycles. The maximum Gasteiger partial charge on any atom is 0.159 e. The Kier molecular flexibility index (Phi) is 6.02. The van der Waals surface area contributed by atoms with Crippen molar-refractivity contribution in [3.05, 3.63) is 11.6 Å². The first-order valence-corrected chi connectivity index (χ1v) is 12.8. The average Bonchev–Trinajstić information content (AvgIpc) is 2.96. The Hall–Kier alpha value is -0.710. The molecule has 4 aliphatic rings. The highest BCUT2D eigenvalue weighted by Crippen LogP contribution is 2.68. The number of fused-ring (bicyclic) bond motifs is 5. The Morgan fingerprint density at radius 3 is 2.42 bits per heavy atom. The molecule has 4 nitrogen and oxygen atoms in total. The van der Waals surface area contributed by atoms with Crippen molar-refractivity contribution in [2.75, 3.05) is 0 Å². The summed E-state index contributed by atoms with van der Waals surface area (Å²) in [6.07, 6.45) is 8.34. The van der Waals surface area contributed by atoms with Crippen LogP contribution in [0.5, 0.6) is 0 Å². The Balaban J connectivity index is 1.62. The predicted molar refractivity (Wildman–Crippen MR) is 122 cm³/mol. The van der Waals surface area contributed by atoms with Gasteiger partial charge in [-0.2, -0.15) is 0 Å². The van der Waals surface area contributed by atoms with Gasteiger partial charge in [0, 0.05) is 11.3 Å². The van der Waals surface area contributed by atoms with Gasteiger partial charge in [0.1, 0.15) is 0 Å². The summed E-state index contributed by atoms with van der Waals surface area (Å²) in [6.45, 7) is 11.3. The summed E-state index contributed by atoms with van der Waals surface area (Å²) in [6, 6.07) is 0. The predicted octanol–water partition coefficient (Wildman–Crippen LogP) is 4.65. The first kappa shape index (κ1) is 23.4. The highest BCUT2D eigenvalue weighted by atomic mass is 16.3. The molecule has 0 unspecified atom stereocenters. The van der Waals surface area contributed by atoms with Gasteiger partial charge in [-0.25, -0.2) is 0 Å². The molecule has 0 aromatic heterocycles. The lowest BCUT2D eigenvalue weighted by molar-refractivity contribution is -0.153. The maximum absolute atomic E-state index is 13.2. The van der Waals surface area contributed by atoms with Crippen LogP contribution in [0.1, 0.15) is 92.4 Å². The van der Waals surface area contributed by atoms with Crippen LogP contribution in [0, 0.1) is 40.4 Å². The minimum atomic E-state index is -0.919. The highest BCUT2D eigenvalue weighted by Gasteiger charge is 2.66. The number of carbonyl (C=O) groups is 1. The third-order valence-corrected chi connectivity index (χ3v) is 10.3. The Morgan fingerprint density at radius 1 is 1.03 bits per heavy atom. The van der Waals surface area contributed by atoms with Crippen molar-refractivity contribution >= 4 is 5.78 Å². The first-order valence-electron chi connectivity index (χ1n) is 12.8. The van der Waals surface area contributed by atoms with Crippen molar-refractivity contribution in [3.8, 4) is 0 Å². The van der Waals surface area contributed by atoms with Gasteiger partial charge in [0.15, 0.2) is 5.78 Å². The van der Waals surface area contributed by atoms with Crippen LogP contribution in [-0.2, 0) is 4.79 Å². The smallest absolute Gasteiger partial charge is 0.159 e. The topological polar surface area (TPSA) is 77.8 Å². The van der Waals surface area contributed by atoms with Gasteiger partial charge < -0.3 is 15.3 Å². The lowest BCUT2D eigenvalue weighted by Crippen LogP contribution is -2.60. The quantitative estimate of drug-likeness (QED) is 0.591. The zero-order valence-corrected chi connectivity index (χ0v) is 20.2. The largest absolute Gasteiger partial charge is 0.390 e. The van der Waals surface area contributed by atoms with E-state index in [9.17, 15) is 20.1 Å². The Labute approximate surface area is 188 Å². The van der Waals surface area contributed by atoms with Crippen molar-refractivity contribution in [2.45, 2.75) is 110 Å². The molecule has 0 aromatic rings. The molecular weight excluding hydrogens is 388 g/mol. The number of carbonyl (C=O) groups excluding carboxylic acids is 1. The maximum atomic E-state index is 13.2. The fourth-order valence-corrected chi connectivity index (χ4v) is 8.37. The van der Waals surface area contributed by atoms with E-state index < -0.39 is 17.8 Å². The molecule has 3 fully saturated rings. The summed E-state index contributed by atoms with van der Waals surface area (Å²) in [5.41, 5.74) is -0.538. The fourth-order valence-electron chi connectivity index (χ4n) is 8.37. The Bertz CT molecular complexity index is 744. The number of rotatable bonds is 5. The molecule has 3 N–H and O–H groups in total. The van der Waals surface area contributed by atoms with E-state index in [2.05, 4.69) is 34.6 Å². The van der Waals surface area contributed by atoms with E-state index in [1.165, 1.54) is 19.3 Å². The Morgan fingerprint density at radius 2 is 1.74 bits per heavy atom. The van der Waals surface area contributed by atoms with Crippen LogP contribution < -0.4 is 0 Å². The molecule has 0 amide bonds. The lowest BCUT2D eigenvalue weighted by Gasteiger charge is -2.60. The third-order valence-electron chi connectivity index (χ3n) is 10.3. The SMILES string of the molecule is CC(C)CCC[C@@H](C)[C@H]1CC[C@@]2(O)C3=CC(=O)[C@@H]4C[C@@H](O)[C@@H](O)C[C@]4(C)[C@H]3CC[C@]12C. The molecule has 176 valence electrons. The minimum Gasteiger partial charge on any atom is -0.390 e. The molecule has 0 heterocycles. The molecule has 4 aliphatic carbocycles. The monoisotopic (exact) mass is 432 g/mol. The van der Waals surface area contributed by atoms with Crippen molar-refractivity contribution in [2.24, 2.45) is 40.4 Å². The molecule has 0 bridgehead atoms. The van der Waals surface area contributed by atoms with Crippen molar-refractivity contribution in [1.82, 2.24) is 0 Å². The molecule has 0 radical (unpaired) electrons. The van der Waals surface area contributed by atoms with Gasteiger partial charge in [-0.1, -0.05) is 53.9 Å². The van der Waals surface area contributed by atoms with Crippen LogP contribution in [-0.4, -0.2) is 38.9 Å². The third kappa shape index (κ3) is 3.47. The molecule has 4 heteroatoms. The van der Waals surface area contributed by atoms with Gasteiger partial charge in [-0.15, -0.1) is 0 Å². The van der Waals surface area contributed by atoms with Gasteiger partial charge in [-0.3, -0.25) is 4.79 Å². The van der Waals surface area contributed by atoms with Crippen molar-refractivity contribution in [3.63, 3.8) is 0 Å². The zero-order chi connectivity index (χ0) is 22.8. The number of allylic oxidation sites excluding steroid dienone is 1. The lowest BCUT2D eigenvalue weighted by atomic mass is 9.46. The van der Waals surface area contributed by atoms with Gasteiger partial charge >= 0.3 is 0 Å². The van der Waals surface area contributed by atoms with Crippen molar-refractivity contribution in [1.29, 1.82) is 0 Å². The molecule has 3 saturated carbocycles. The van der Waals surface area contributed by atoms with Crippen LogP contribution >= 0.6 is 0 Å². The highest BCUT2D eigenvalue weighted by molar-refractivity contribution is 5.95. The van der Waals surface area contributed by atoms with E-state index in [1.807, 2.05) is 0 Å². The standard InChI is InChI=1S/C27H44O4/c1-16(2)7-6-8-17(3)18-10-12-27(31)20-13-22(28)21-14-23(29)24(30)15-25(21,4)19(20)9-11-26(18,27)5/h13,16-19,21,23-24,29-31H,6-12,14-15H2,1-5H3/t17-,18-,19+,21+,23-,24+,25-,26-,27-/m1/s1. The summed E-state index contributed by atoms with van der Waals surface area (Å²) >= 11 is 0. The number of aliphatic hydroxyl groups is 3. The molecule has 9 atom stereocenters. The van der Waals surface area contributed by atoms with Crippen LogP contribution in [0.2, 0.25) is 0 Å². The van der Waals surface area contributed by atoms with Crippen LogP contribution in [0.3, 0.4) is 0 Å². The van der Waals surface area contributed by atoms with E-state index >= 15 is 0 Å². The second kappa shape index (κ2) is 7.95. The summed E-state index contributed by atoms with van der Waals surface area (Å²) in [7, 11) is 0. The van der Waals surface area contributed by atoms with E-state index in [4.69, 9.17) is 0 Å². The van der Waals surface area contributed by atoms with Crippen LogP contribution in [0.25, 0.3) is 0 Å². The molecule has 0 saturated heterocycles. The average molecular weight is 433 g/mol. The van der Waals surface area contributed by atoms with E-state index in [0.717, 1.165) is 37.2 Å². The summed E-state index contributed by atoms with van der Waals surface area (Å²) < 4.78 is 0. The number of hydrogen-bond acceptors (Lipinski definition) is 4. The molecule has 31 heavy (non-hydrogen) atoms. The van der Waals surface area contributed by atoms with Gasteiger partial charge in [0.2, 0.25) is 0 Å². The fraction of sp³-hybridized carbons (Fsp3) is 0.889. The summed E-state index contributed by atoms with van der Waals surface area (Å²) in [4.78, 5) is 13.2. The van der Waals surface area contributed by atoms with Gasteiger partial charge in [0.25, 0.3) is 0 Å². The van der Waals surface area contributed by atoms with E-state index in [0.29, 0.717) is 24.7 Å². The van der Waals surface area contributed by atoms with Crippen LogP contribution in [0.15, 0.2) is 11.6 Å². The number of ketones is 1. The van der Waals surface area contributed by atoms with Gasteiger partial charge in [-0.05, 0) is 79.3 Å². The second-order valence-electron chi connectivity index (χ2n) is 12.5. The van der Waals surface area contributed by atoms with Gasteiger partial charge in [0.05, 0.1) is 17.8 Å². The summed E-state index contributed by atoms with van der Waals surface area (Å²) in [5, 5.41) is 32.9. The number of hydrogen-bond donors (Lipinski definition) is 3. The van der Waals surface area contributed by atoms with Crippen molar-refractivity contribution < 1.29 is 20.1 Å². The zero-order valence-electron chi connectivity index (χ0n) is 20.2. The molecule has 0 aromatic carbocycles. The van der Waals surface area contributed by atoms with E-state index in [1.54, 1.807) is 6.08 Å². The summed E-state index contributed by atoms with van der Waals surface area (Å²) in [5.74, 6) is 1.70. The second-order valence-corrected chi connectivity index (χ2v) is 12.5. The molecule has 0 spiro atoms. The van der Waals surface area contributed by atoms with Crippen LogP contribution in [0.4, 0.5) is 0 Å². The first-order chi connectivity index (χ1) is 14.4. The minimum absolute atomic E-state index is 0.0470. The molecule has 4 rings (SSSR count). The number of aliphatic hydroxyl groups excluding tert-OH is 2. The normalized spacial score (nSPS) is 48.1. The molecular formula is C27H44O4. The van der Waals surface area contributed by atoms with E-state index in [-0.39, 0.29) is 28.4 Å².